The maximum atomic E-state index is 11.8. The van der Waals surface area contributed by atoms with Crippen molar-refractivity contribution in [3.63, 3.8) is 0 Å². The Labute approximate surface area is 94.9 Å². The van der Waals surface area contributed by atoms with Crippen molar-refractivity contribution in [2.75, 3.05) is 6.61 Å². The topological polar surface area (TPSA) is 69.6 Å². The number of amides is 1. The molecular formula is C12H17NO3. The van der Waals surface area contributed by atoms with E-state index in [1.54, 1.807) is 32.0 Å². The lowest BCUT2D eigenvalue weighted by Gasteiger charge is -2.13. The van der Waals surface area contributed by atoms with Crippen molar-refractivity contribution >= 4 is 5.91 Å². The number of benzene rings is 1. The summed E-state index contributed by atoms with van der Waals surface area (Å²) in [6.07, 6.45) is 0.498. The van der Waals surface area contributed by atoms with Crippen LogP contribution in [0.3, 0.4) is 0 Å². The zero-order chi connectivity index (χ0) is 12.1. The molecule has 1 aromatic carbocycles. The molecule has 4 nitrogen and oxygen atoms in total. The first-order valence-electron chi connectivity index (χ1n) is 5.26. The van der Waals surface area contributed by atoms with Gasteiger partial charge in [0.05, 0.1) is 5.56 Å². The summed E-state index contributed by atoms with van der Waals surface area (Å²) in [7, 11) is 0. The number of carbonyl (C=O) groups excluding carboxylic acids is 1. The van der Waals surface area contributed by atoms with E-state index in [4.69, 9.17) is 5.11 Å². The molecule has 0 radical (unpaired) electrons. The van der Waals surface area contributed by atoms with Gasteiger partial charge in [-0.2, -0.15) is 0 Å². The van der Waals surface area contributed by atoms with Gasteiger partial charge in [-0.15, -0.1) is 0 Å². The van der Waals surface area contributed by atoms with Gasteiger partial charge in [-0.1, -0.05) is 12.1 Å². The number of aliphatic hydroxyl groups excluding tert-OH is 1. The molecule has 88 valence electrons. The molecule has 0 aliphatic rings. The van der Waals surface area contributed by atoms with Gasteiger partial charge in [0.15, 0.2) is 0 Å². The highest BCUT2D eigenvalue weighted by atomic mass is 16.3. The standard InChI is InChI=1S/C12H17NO3/c1-8-4-3-5-10(11(8)15)12(16)13-9(2)6-7-14/h3-5,9,14-15H,6-7H2,1-2H3,(H,13,16). The monoisotopic (exact) mass is 223 g/mol. The zero-order valence-electron chi connectivity index (χ0n) is 9.53. The van der Waals surface area contributed by atoms with E-state index in [2.05, 4.69) is 5.32 Å². The number of rotatable bonds is 4. The second kappa shape index (κ2) is 5.51. The molecule has 1 amide bonds. The van der Waals surface area contributed by atoms with E-state index in [1.807, 2.05) is 0 Å². The van der Waals surface area contributed by atoms with E-state index in [1.165, 1.54) is 0 Å². The summed E-state index contributed by atoms with van der Waals surface area (Å²) < 4.78 is 0. The Kier molecular flexibility index (Phi) is 4.31. The Hall–Kier alpha value is -1.55. The molecule has 1 unspecified atom stereocenters. The Balaban J connectivity index is 2.77. The Morgan fingerprint density at radius 1 is 1.50 bits per heavy atom. The van der Waals surface area contributed by atoms with Gasteiger partial charge in [-0.05, 0) is 31.9 Å². The molecular weight excluding hydrogens is 206 g/mol. The minimum absolute atomic E-state index is 0.0104. The summed E-state index contributed by atoms with van der Waals surface area (Å²) >= 11 is 0. The first-order valence-corrected chi connectivity index (χ1v) is 5.26. The summed E-state index contributed by atoms with van der Waals surface area (Å²) in [6.45, 7) is 3.57. The second-order valence-corrected chi connectivity index (χ2v) is 3.86. The highest BCUT2D eigenvalue weighted by Crippen LogP contribution is 2.21. The van der Waals surface area contributed by atoms with Gasteiger partial charge in [0.2, 0.25) is 0 Å². The predicted octanol–water partition coefficient (Wildman–Crippen LogP) is 1.20. The number of phenolic OH excluding ortho intramolecular Hbond substituents is 1. The number of nitrogens with one attached hydrogen (secondary N) is 1. The van der Waals surface area contributed by atoms with Crippen LogP contribution >= 0.6 is 0 Å². The molecule has 0 fully saturated rings. The number of carbonyl (C=O) groups is 1. The molecule has 16 heavy (non-hydrogen) atoms. The van der Waals surface area contributed by atoms with E-state index in [0.29, 0.717) is 12.0 Å². The van der Waals surface area contributed by atoms with Crippen LogP contribution in [0.1, 0.15) is 29.3 Å². The summed E-state index contributed by atoms with van der Waals surface area (Å²) in [4.78, 5) is 11.8. The van der Waals surface area contributed by atoms with Gasteiger partial charge < -0.3 is 15.5 Å². The quantitative estimate of drug-likeness (QED) is 0.718. The van der Waals surface area contributed by atoms with Crippen molar-refractivity contribution in [2.45, 2.75) is 26.3 Å². The highest BCUT2D eigenvalue weighted by Gasteiger charge is 2.14. The Morgan fingerprint density at radius 3 is 2.81 bits per heavy atom. The molecule has 3 N–H and O–H groups in total. The molecule has 0 aliphatic heterocycles. The Morgan fingerprint density at radius 2 is 2.19 bits per heavy atom. The van der Waals surface area contributed by atoms with Gasteiger partial charge in [0.1, 0.15) is 5.75 Å². The number of aryl methyl sites for hydroxylation is 1. The smallest absolute Gasteiger partial charge is 0.255 e. The molecule has 0 saturated heterocycles. The van der Waals surface area contributed by atoms with Crippen LogP contribution in [0.4, 0.5) is 0 Å². The van der Waals surface area contributed by atoms with E-state index in [9.17, 15) is 9.90 Å². The maximum absolute atomic E-state index is 11.8. The number of aliphatic hydroxyl groups is 1. The summed E-state index contributed by atoms with van der Waals surface area (Å²) in [5.74, 6) is -0.307. The average Bonchev–Trinajstić information content (AvgIpc) is 2.22. The van der Waals surface area contributed by atoms with Crippen molar-refractivity contribution in [1.29, 1.82) is 0 Å². The summed E-state index contributed by atoms with van der Waals surface area (Å²) in [6, 6.07) is 4.92. The molecule has 1 atom stereocenters. The van der Waals surface area contributed by atoms with Crippen molar-refractivity contribution in [3.05, 3.63) is 29.3 Å². The number of para-hydroxylation sites is 1. The minimum atomic E-state index is -0.317. The van der Waals surface area contributed by atoms with Gasteiger partial charge in [0, 0.05) is 12.6 Å². The summed E-state index contributed by atoms with van der Waals surface area (Å²) in [5.41, 5.74) is 0.937. The lowest BCUT2D eigenvalue weighted by molar-refractivity contribution is 0.0931. The Bertz CT molecular complexity index is 377. The molecule has 0 aromatic heterocycles. The fraction of sp³-hybridized carbons (Fsp3) is 0.417. The fourth-order valence-electron chi connectivity index (χ4n) is 1.41. The number of hydrogen-bond acceptors (Lipinski definition) is 3. The minimum Gasteiger partial charge on any atom is -0.507 e. The first kappa shape index (κ1) is 12.5. The van der Waals surface area contributed by atoms with Crippen LogP contribution in [0, 0.1) is 6.92 Å². The SMILES string of the molecule is Cc1cccc(C(=O)NC(C)CCO)c1O. The number of aromatic hydroxyl groups is 1. The van der Waals surface area contributed by atoms with Crippen molar-refractivity contribution < 1.29 is 15.0 Å². The third kappa shape index (κ3) is 2.97. The van der Waals surface area contributed by atoms with E-state index in [-0.39, 0.29) is 29.9 Å². The molecule has 0 saturated carbocycles. The van der Waals surface area contributed by atoms with Gasteiger partial charge >= 0.3 is 0 Å². The van der Waals surface area contributed by atoms with E-state index in [0.717, 1.165) is 0 Å². The molecule has 4 heteroatoms. The van der Waals surface area contributed by atoms with Crippen molar-refractivity contribution in [1.82, 2.24) is 5.32 Å². The lowest BCUT2D eigenvalue weighted by atomic mass is 10.1. The number of phenols is 1. The van der Waals surface area contributed by atoms with Gasteiger partial charge in [-0.25, -0.2) is 0 Å². The second-order valence-electron chi connectivity index (χ2n) is 3.86. The zero-order valence-corrected chi connectivity index (χ0v) is 9.53. The highest BCUT2D eigenvalue weighted by molar-refractivity contribution is 5.97. The van der Waals surface area contributed by atoms with Crippen LogP contribution in [0.25, 0.3) is 0 Å². The molecule has 0 heterocycles. The number of hydrogen-bond donors (Lipinski definition) is 3. The largest absolute Gasteiger partial charge is 0.507 e. The maximum Gasteiger partial charge on any atom is 0.255 e. The van der Waals surface area contributed by atoms with E-state index >= 15 is 0 Å². The molecule has 0 aliphatic carbocycles. The predicted molar refractivity (Wildman–Crippen MR) is 61.5 cm³/mol. The van der Waals surface area contributed by atoms with E-state index < -0.39 is 0 Å². The first-order chi connectivity index (χ1) is 7.56. The molecule has 1 aromatic rings. The fourth-order valence-corrected chi connectivity index (χ4v) is 1.41. The third-order valence-electron chi connectivity index (χ3n) is 2.42. The third-order valence-corrected chi connectivity index (χ3v) is 2.42. The normalized spacial score (nSPS) is 12.2. The summed E-state index contributed by atoms with van der Waals surface area (Å²) in [5, 5.41) is 21.1. The molecule has 1 rings (SSSR count). The van der Waals surface area contributed by atoms with Crippen LogP contribution in [0.2, 0.25) is 0 Å². The average molecular weight is 223 g/mol. The van der Waals surface area contributed by atoms with Gasteiger partial charge in [0.25, 0.3) is 5.91 Å². The van der Waals surface area contributed by atoms with Crippen LogP contribution in [-0.2, 0) is 0 Å². The van der Waals surface area contributed by atoms with Gasteiger partial charge in [-0.3, -0.25) is 4.79 Å². The molecule has 0 spiro atoms. The van der Waals surface area contributed by atoms with Crippen molar-refractivity contribution in [2.24, 2.45) is 0 Å². The lowest BCUT2D eigenvalue weighted by Crippen LogP contribution is -2.33. The van der Waals surface area contributed by atoms with Crippen molar-refractivity contribution in [3.8, 4) is 5.75 Å². The molecule has 0 bridgehead atoms. The van der Waals surface area contributed by atoms with Crippen LogP contribution in [0.5, 0.6) is 5.75 Å². The van der Waals surface area contributed by atoms with Crippen LogP contribution in [-0.4, -0.2) is 28.8 Å². The van der Waals surface area contributed by atoms with Crippen LogP contribution in [0.15, 0.2) is 18.2 Å². The van der Waals surface area contributed by atoms with Crippen LogP contribution < -0.4 is 5.32 Å².